The molecule has 0 spiro atoms. The van der Waals surface area contributed by atoms with Crippen molar-refractivity contribution in [1.29, 1.82) is 0 Å². The summed E-state index contributed by atoms with van der Waals surface area (Å²) in [6.45, 7) is 4.13. The number of hydrogen-bond acceptors (Lipinski definition) is 3. The summed E-state index contributed by atoms with van der Waals surface area (Å²) in [6, 6.07) is 8.33. The van der Waals surface area contributed by atoms with Crippen LogP contribution in [0, 0.1) is 12.7 Å². The van der Waals surface area contributed by atoms with Gasteiger partial charge in [0.1, 0.15) is 5.75 Å². The molecule has 106 valence electrons. The molecule has 0 atom stereocenters. The Balaban J connectivity index is 2.35. The van der Waals surface area contributed by atoms with Gasteiger partial charge in [-0.1, -0.05) is 6.07 Å². The fourth-order valence-electron chi connectivity index (χ4n) is 1.71. The highest BCUT2D eigenvalue weighted by Crippen LogP contribution is 2.36. The smallest absolute Gasteiger partial charge is 0.167 e. The van der Waals surface area contributed by atoms with Gasteiger partial charge in [0.25, 0.3) is 0 Å². The largest absolute Gasteiger partial charge is 0.491 e. The number of aryl methyl sites for hydroxylation is 1. The van der Waals surface area contributed by atoms with E-state index >= 15 is 0 Å². The van der Waals surface area contributed by atoms with E-state index in [9.17, 15) is 4.39 Å². The minimum Gasteiger partial charge on any atom is -0.491 e. The van der Waals surface area contributed by atoms with Gasteiger partial charge in [-0.05, 0) is 47.5 Å². The molecule has 3 nitrogen and oxygen atoms in total. The summed E-state index contributed by atoms with van der Waals surface area (Å²) < 4.78 is 25.3. The van der Waals surface area contributed by atoms with Crippen LogP contribution in [0.3, 0.4) is 0 Å². The zero-order chi connectivity index (χ0) is 14.7. The van der Waals surface area contributed by atoms with Gasteiger partial charge in [-0.25, -0.2) is 4.39 Å². The highest BCUT2D eigenvalue weighted by Gasteiger charge is 2.12. The number of halogens is 2. The highest BCUT2D eigenvalue weighted by atomic mass is 79.9. The molecular weight excluding hydrogens is 325 g/mol. The molecule has 5 heteroatoms. The van der Waals surface area contributed by atoms with Gasteiger partial charge in [-0.3, -0.25) is 0 Å². The predicted molar refractivity (Wildman–Crippen MR) is 80.9 cm³/mol. The first kappa shape index (κ1) is 14.7. The average molecular weight is 340 g/mol. The molecule has 0 heterocycles. The van der Waals surface area contributed by atoms with Crippen molar-refractivity contribution in [3.05, 3.63) is 46.2 Å². The van der Waals surface area contributed by atoms with Crippen molar-refractivity contribution >= 4 is 21.6 Å². The van der Waals surface area contributed by atoms with Crippen LogP contribution in [-0.2, 0) is 0 Å². The first-order chi connectivity index (χ1) is 9.51. The van der Waals surface area contributed by atoms with E-state index in [4.69, 9.17) is 15.2 Å². The molecule has 0 fully saturated rings. The molecule has 0 amide bonds. The fourth-order valence-corrected chi connectivity index (χ4v) is 2.29. The van der Waals surface area contributed by atoms with Crippen LogP contribution in [-0.4, -0.2) is 6.61 Å². The van der Waals surface area contributed by atoms with Crippen LogP contribution >= 0.6 is 15.9 Å². The molecule has 2 aromatic rings. The minimum absolute atomic E-state index is 0.125. The van der Waals surface area contributed by atoms with E-state index in [1.165, 1.54) is 12.1 Å². The van der Waals surface area contributed by atoms with Crippen molar-refractivity contribution in [2.24, 2.45) is 0 Å². The number of nitrogen functional groups attached to an aromatic ring is 1. The normalized spacial score (nSPS) is 10.4. The van der Waals surface area contributed by atoms with Crippen LogP contribution in [0.1, 0.15) is 12.5 Å². The first-order valence-electron chi connectivity index (χ1n) is 6.17. The monoisotopic (exact) mass is 339 g/mol. The van der Waals surface area contributed by atoms with E-state index in [1.54, 1.807) is 6.92 Å². The van der Waals surface area contributed by atoms with Gasteiger partial charge < -0.3 is 15.2 Å². The lowest BCUT2D eigenvalue weighted by atomic mass is 10.2. The Morgan fingerprint density at radius 2 is 1.90 bits per heavy atom. The molecule has 0 unspecified atom stereocenters. The minimum atomic E-state index is -0.500. The van der Waals surface area contributed by atoms with E-state index in [2.05, 4.69) is 15.9 Å². The molecule has 0 aliphatic carbocycles. The lowest BCUT2D eigenvalue weighted by molar-refractivity contribution is 0.319. The molecule has 0 saturated heterocycles. The number of ether oxygens (including phenoxy) is 2. The van der Waals surface area contributed by atoms with Gasteiger partial charge in [0.2, 0.25) is 0 Å². The third-order valence-electron chi connectivity index (χ3n) is 2.67. The maximum Gasteiger partial charge on any atom is 0.167 e. The molecule has 0 bridgehead atoms. The van der Waals surface area contributed by atoms with Gasteiger partial charge >= 0.3 is 0 Å². The highest BCUT2D eigenvalue weighted by molar-refractivity contribution is 9.10. The Kier molecular flexibility index (Phi) is 4.49. The van der Waals surface area contributed by atoms with E-state index in [0.717, 1.165) is 10.0 Å². The van der Waals surface area contributed by atoms with Crippen molar-refractivity contribution in [2.45, 2.75) is 13.8 Å². The van der Waals surface area contributed by atoms with Crippen LogP contribution < -0.4 is 15.2 Å². The number of anilines is 1. The standard InChI is InChI=1S/C15H15BrFNO2/c1-3-19-14-8-15(12(18)7-11(14)17)20-13-5-4-9(2)6-10(13)16/h4-8H,3,18H2,1-2H3. The van der Waals surface area contributed by atoms with Gasteiger partial charge in [0.15, 0.2) is 17.3 Å². The second kappa shape index (κ2) is 6.13. The number of nitrogens with two attached hydrogens (primary N) is 1. The molecule has 2 aromatic carbocycles. The summed E-state index contributed by atoms with van der Waals surface area (Å²) in [5, 5.41) is 0. The molecule has 0 saturated carbocycles. The lowest BCUT2D eigenvalue weighted by Crippen LogP contribution is -1.99. The molecule has 20 heavy (non-hydrogen) atoms. The molecule has 0 radical (unpaired) electrons. The SMILES string of the molecule is CCOc1cc(Oc2ccc(C)cc2Br)c(N)cc1F. The van der Waals surface area contributed by atoms with Crippen LogP contribution in [0.25, 0.3) is 0 Å². The molecule has 2 N–H and O–H groups in total. The van der Waals surface area contributed by atoms with Crippen molar-refractivity contribution < 1.29 is 13.9 Å². The average Bonchev–Trinajstić information content (AvgIpc) is 2.38. The number of hydrogen-bond donors (Lipinski definition) is 1. The van der Waals surface area contributed by atoms with Crippen LogP contribution in [0.15, 0.2) is 34.8 Å². The van der Waals surface area contributed by atoms with E-state index in [-0.39, 0.29) is 11.4 Å². The zero-order valence-corrected chi connectivity index (χ0v) is 12.8. The summed E-state index contributed by atoms with van der Waals surface area (Å²) >= 11 is 3.42. The quantitative estimate of drug-likeness (QED) is 0.823. The molecule has 0 aliphatic rings. The van der Waals surface area contributed by atoms with E-state index in [1.807, 2.05) is 25.1 Å². The number of benzene rings is 2. The van der Waals surface area contributed by atoms with E-state index in [0.29, 0.717) is 18.1 Å². The molecular formula is C15H15BrFNO2. The topological polar surface area (TPSA) is 44.5 Å². The number of rotatable bonds is 4. The second-order valence-electron chi connectivity index (χ2n) is 4.29. The summed E-state index contributed by atoms with van der Waals surface area (Å²) in [4.78, 5) is 0. The lowest BCUT2D eigenvalue weighted by Gasteiger charge is -2.13. The Labute approximate surface area is 125 Å². The van der Waals surface area contributed by atoms with Crippen LogP contribution in [0.5, 0.6) is 17.2 Å². The molecule has 2 rings (SSSR count). The Morgan fingerprint density at radius 3 is 2.55 bits per heavy atom. The third kappa shape index (κ3) is 3.22. The zero-order valence-electron chi connectivity index (χ0n) is 11.2. The molecule has 0 aliphatic heterocycles. The summed E-state index contributed by atoms with van der Waals surface area (Å²) in [6.07, 6.45) is 0. The van der Waals surface area contributed by atoms with Crippen LogP contribution in [0.2, 0.25) is 0 Å². The summed E-state index contributed by atoms with van der Waals surface area (Å²) in [5.74, 6) is 0.593. The third-order valence-corrected chi connectivity index (χ3v) is 3.29. The fraction of sp³-hybridized carbons (Fsp3) is 0.200. The summed E-state index contributed by atoms with van der Waals surface area (Å²) in [5.41, 5.74) is 7.10. The van der Waals surface area contributed by atoms with Gasteiger partial charge in [0.05, 0.1) is 16.8 Å². The second-order valence-corrected chi connectivity index (χ2v) is 5.14. The Morgan fingerprint density at radius 1 is 1.15 bits per heavy atom. The predicted octanol–water partition coefficient (Wildman–Crippen LogP) is 4.67. The van der Waals surface area contributed by atoms with E-state index < -0.39 is 5.82 Å². The Hall–Kier alpha value is -1.75. The maximum absolute atomic E-state index is 13.6. The maximum atomic E-state index is 13.6. The van der Waals surface area contributed by atoms with Crippen molar-refractivity contribution in [1.82, 2.24) is 0 Å². The van der Waals surface area contributed by atoms with Gasteiger partial charge in [-0.2, -0.15) is 0 Å². The van der Waals surface area contributed by atoms with Crippen LogP contribution in [0.4, 0.5) is 10.1 Å². The van der Waals surface area contributed by atoms with Crippen molar-refractivity contribution in [3.8, 4) is 17.2 Å². The van der Waals surface area contributed by atoms with Crippen molar-refractivity contribution in [2.75, 3.05) is 12.3 Å². The van der Waals surface area contributed by atoms with Gasteiger partial charge in [0, 0.05) is 12.1 Å². The molecule has 0 aromatic heterocycles. The first-order valence-corrected chi connectivity index (χ1v) is 6.96. The Bertz CT molecular complexity index is 632. The van der Waals surface area contributed by atoms with Gasteiger partial charge in [-0.15, -0.1) is 0 Å². The summed E-state index contributed by atoms with van der Waals surface area (Å²) in [7, 11) is 0. The van der Waals surface area contributed by atoms with Crippen molar-refractivity contribution in [3.63, 3.8) is 0 Å².